The molecule has 0 saturated heterocycles. The molecule has 0 aromatic carbocycles. The summed E-state index contributed by atoms with van der Waals surface area (Å²) in [6, 6.07) is 0. The number of hydrogen-bond acceptors (Lipinski definition) is 2. The van der Waals surface area contributed by atoms with Gasteiger partial charge in [0.15, 0.2) is 8.32 Å². The summed E-state index contributed by atoms with van der Waals surface area (Å²) in [6.45, 7) is 20.1. The van der Waals surface area contributed by atoms with E-state index in [1.807, 2.05) is 0 Å². The van der Waals surface area contributed by atoms with Crippen molar-refractivity contribution in [2.45, 2.75) is 85.5 Å². The zero-order valence-electron chi connectivity index (χ0n) is 15.0. The summed E-state index contributed by atoms with van der Waals surface area (Å²) in [6.07, 6.45) is 1.73. The lowest BCUT2D eigenvalue weighted by Crippen LogP contribution is -2.53. The highest BCUT2D eigenvalue weighted by molar-refractivity contribution is 6.74. The quantitative estimate of drug-likeness (QED) is 0.585. The maximum atomic E-state index is 12.5. The first kappa shape index (κ1) is 19.6. The molecule has 0 rings (SSSR count). The Labute approximate surface area is 127 Å². The highest BCUT2D eigenvalue weighted by Gasteiger charge is 2.43. The topological polar surface area (TPSA) is 38.3 Å². The van der Waals surface area contributed by atoms with E-state index in [1.165, 1.54) is 0 Å². The van der Waals surface area contributed by atoms with Gasteiger partial charge in [0.05, 0.1) is 0 Å². The van der Waals surface area contributed by atoms with Crippen molar-refractivity contribution in [3.8, 4) is 0 Å². The summed E-state index contributed by atoms with van der Waals surface area (Å²) < 4.78 is 6.39. The molecule has 0 aliphatic rings. The number of nitrogens with one attached hydrogen (secondary N) is 1. The van der Waals surface area contributed by atoms with Gasteiger partial charge in [-0.25, -0.2) is 0 Å². The number of carbonyl (C=O) groups is 1. The molecule has 0 bridgehead atoms. The molecule has 1 N–H and O–H groups in total. The van der Waals surface area contributed by atoms with Gasteiger partial charge >= 0.3 is 0 Å². The van der Waals surface area contributed by atoms with Crippen LogP contribution in [0.3, 0.4) is 0 Å². The minimum Gasteiger partial charge on any atom is -0.404 e. The summed E-state index contributed by atoms with van der Waals surface area (Å²) in [5, 5.41) is 3.13. The third-order valence-electron chi connectivity index (χ3n) is 4.07. The Morgan fingerprint density at radius 2 is 1.65 bits per heavy atom. The van der Waals surface area contributed by atoms with Crippen LogP contribution < -0.4 is 5.32 Å². The van der Waals surface area contributed by atoms with Gasteiger partial charge in [0.25, 0.3) is 0 Å². The molecule has 0 heterocycles. The van der Waals surface area contributed by atoms with Crippen molar-refractivity contribution in [3.63, 3.8) is 0 Å². The van der Waals surface area contributed by atoms with Gasteiger partial charge < -0.3 is 9.74 Å². The average Bonchev–Trinajstić information content (AvgIpc) is 2.23. The van der Waals surface area contributed by atoms with Gasteiger partial charge in [-0.05, 0) is 30.0 Å². The van der Waals surface area contributed by atoms with Crippen LogP contribution in [0.1, 0.15) is 61.3 Å². The Morgan fingerprint density at radius 3 is 2.00 bits per heavy atom. The molecule has 0 aliphatic carbocycles. The van der Waals surface area contributed by atoms with E-state index < -0.39 is 8.32 Å². The van der Waals surface area contributed by atoms with Crippen molar-refractivity contribution in [2.75, 3.05) is 6.54 Å². The van der Waals surface area contributed by atoms with Crippen LogP contribution in [0.5, 0.6) is 0 Å². The Kier molecular flexibility index (Phi) is 6.95. The van der Waals surface area contributed by atoms with Gasteiger partial charge in [-0.15, -0.1) is 0 Å². The highest BCUT2D eigenvalue weighted by Crippen LogP contribution is 2.39. The van der Waals surface area contributed by atoms with E-state index in [4.69, 9.17) is 4.43 Å². The number of carbonyl (C=O) groups excluding carboxylic acids is 1. The number of rotatable bonds is 6. The molecular formula is C16H35NO2Si. The van der Waals surface area contributed by atoms with Crippen LogP contribution >= 0.6 is 0 Å². The van der Waals surface area contributed by atoms with E-state index in [1.54, 1.807) is 0 Å². The van der Waals surface area contributed by atoms with Crippen LogP contribution in [-0.4, -0.2) is 26.9 Å². The molecule has 4 heteroatoms. The second kappa shape index (κ2) is 7.08. The largest absolute Gasteiger partial charge is 0.404 e. The molecule has 0 fully saturated rings. The van der Waals surface area contributed by atoms with E-state index in [9.17, 15) is 4.79 Å². The monoisotopic (exact) mass is 301 g/mol. The van der Waals surface area contributed by atoms with Gasteiger partial charge in [0.2, 0.25) is 5.91 Å². The molecule has 0 radical (unpaired) electrons. The summed E-state index contributed by atoms with van der Waals surface area (Å²) in [5.41, 5.74) is -0.189. The van der Waals surface area contributed by atoms with Crippen LogP contribution in [0.15, 0.2) is 0 Å². The first-order chi connectivity index (χ1) is 8.83. The van der Waals surface area contributed by atoms with Crippen LogP contribution in [0.4, 0.5) is 0 Å². The summed E-state index contributed by atoms with van der Waals surface area (Å²) in [5.74, 6) is 0.0378. The molecule has 0 spiro atoms. The molecule has 20 heavy (non-hydrogen) atoms. The lowest BCUT2D eigenvalue weighted by molar-refractivity contribution is -0.133. The number of amides is 1. The average molecular weight is 302 g/mol. The lowest BCUT2D eigenvalue weighted by atomic mass is 9.88. The van der Waals surface area contributed by atoms with Crippen molar-refractivity contribution in [1.29, 1.82) is 0 Å². The predicted molar refractivity (Wildman–Crippen MR) is 89.4 cm³/mol. The van der Waals surface area contributed by atoms with E-state index in [2.05, 4.69) is 66.9 Å². The number of hydrogen-bond donors (Lipinski definition) is 1. The predicted octanol–water partition coefficient (Wildman–Crippen LogP) is 4.34. The second-order valence-electron chi connectivity index (χ2n) is 8.27. The van der Waals surface area contributed by atoms with Crippen molar-refractivity contribution < 1.29 is 9.22 Å². The van der Waals surface area contributed by atoms with Gasteiger partial charge in [-0.2, -0.15) is 0 Å². The molecular weight excluding hydrogens is 266 g/mol. The molecule has 0 aromatic heterocycles. The summed E-state index contributed by atoms with van der Waals surface area (Å²) >= 11 is 0. The molecule has 0 aliphatic heterocycles. The fraction of sp³-hybridized carbons (Fsp3) is 0.938. The minimum absolute atomic E-state index is 0.0378. The third-order valence-corrected chi connectivity index (χ3v) is 8.51. The molecule has 1 atom stereocenters. The zero-order chi connectivity index (χ0) is 16.2. The smallest absolute Gasteiger partial charge is 0.248 e. The Morgan fingerprint density at radius 1 is 1.15 bits per heavy atom. The first-order valence-electron chi connectivity index (χ1n) is 7.78. The zero-order valence-corrected chi connectivity index (χ0v) is 16.0. The molecule has 0 aromatic rings. The SMILES string of the molecule is CCCCNC(=O)C(O[Si](C)(C)C(C)(C)C)C(C)(C)C. The maximum Gasteiger partial charge on any atom is 0.248 e. The Hall–Kier alpha value is -0.353. The van der Waals surface area contributed by atoms with Crippen molar-refractivity contribution in [3.05, 3.63) is 0 Å². The standard InChI is InChI=1S/C16H35NO2Si/c1-10-11-12-17-14(18)13(15(2,3)4)19-20(8,9)16(5,6)7/h13H,10-12H2,1-9H3,(H,17,18). The van der Waals surface area contributed by atoms with Gasteiger partial charge in [0.1, 0.15) is 6.10 Å². The summed E-state index contributed by atoms with van der Waals surface area (Å²) in [7, 11) is -1.95. The molecule has 1 unspecified atom stereocenters. The maximum absolute atomic E-state index is 12.5. The second-order valence-corrected chi connectivity index (χ2v) is 13.0. The number of unbranched alkanes of at least 4 members (excludes halogenated alkanes) is 1. The van der Waals surface area contributed by atoms with Crippen LogP contribution in [0.2, 0.25) is 18.1 Å². The van der Waals surface area contributed by atoms with Crippen molar-refractivity contribution in [1.82, 2.24) is 5.32 Å². The van der Waals surface area contributed by atoms with E-state index in [0.29, 0.717) is 0 Å². The molecule has 0 saturated carbocycles. The van der Waals surface area contributed by atoms with Gasteiger partial charge in [-0.1, -0.05) is 54.9 Å². The molecule has 1 amide bonds. The van der Waals surface area contributed by atoms with Crippen molar-refractivity contribution in [2.24, 2.45) is 5.41 Å². The lowest BCUT2D eigenvalue weighted by Gasteiger charge is -2.42. The first-order valence-corrected chi connectivity index (χ1v) is 10.7. The van der Waals surface area contributed by atoms with Crippen LogP contribution in [0.25, 0.3) is 0 Å². The van der Waals surface area contributed by atoms with E-state index in [-0.39, 0.29) is 22.5 Å². The Bertz CT molecular complexity index is 313. The fourth-order valence-electron chi connectivity index (χ4n) is 1.58. The normalized spacial score (nSPS) is 15.1. The highest BCUT2D eigenvalue weighted by atomic mass is 28.4. The van der Waals surface area contributed by atoms with E-state index >= 15 is 0 Å². The molecule has 120 valence electrons. The van der Waals surface area contributed by atoms with Gasteiger partial charge in [-0.3, -0.25) is 4.79 Å². The van der Waals surface area contributed by atoms with Gasteiger partial charge in [0, 0.05) is 6.54 Å². The van der Waals surface area contributed by atoms with Crippen LogP contribution in [-0.2, 0) is 9.22 Å². The van der Waals surface area contributed by atoms with E-state index in [0.717, 1.165) is 19.4 Å². The fourth-order valence-corrected chi connectivity index (χ4v) is 2.98. The summed E-state index contributed by atoms with van der Waals surface area (Å²) in [4.78, 5) is 12.5. The third kappa shape index (κ3) is 5.96. The van der Waals surface area contributed by atoms with Crippen molar-refractivity contribution >= 4 is 14.2 Å². The van der Waals surface area contributed by atoms with Crippen LogP contribution in [0, 0.1) is 5.41 Å². The minimum atomic E-state index is -1.95. The Balaban J connectivity index is 4.97. The molecule has 3 nitrogen and oxygen atoms in total.